The number of hydrogen-bond acceptors (Lipinski definition) is 33. The van der Waals surface area contributed by atoms with Crippen LogP contribution in [0.1, 0.15) is 282 Å². The van der Waals surface area contributed by atoms with Gasteiger partial charge in [0.25, 0.3) is 95.6 Å². The van der Waals surface area contributed by atoms with E-state index in [4.69, 9.17) is 44.3 Å². The first-order chi connectivity index (χ1) is 67.8. The molecule has 6 aromatic rings. The molecule has 0 spiro atoms. The number of unbranched alkanes of at least 4 members (excludes halogenated alkanes) is 18. The lowest BCUT2D eigenvalue weighted by Crippen LogP contribution is -2.36. The van der Waals surface area contributed by atoms with Crippen LogP contribution in [0.15, 0.2) is 175 Å². The molecular formula is C95H114Cl3N7O31S8. The van der Waals surface area contributed by atoms with Crippen LogP contribution in [-0.4, -0.2) is 225 Å². The number of nitrogens with zero attached hydrogens (tertiary/aromatic N) is 6. The monoisotopic (exact) mass is 2210 g/mol. The van der Waals surface area contributed by atoms with Gasteiger partial charge in [0.05, 0.1) is 58.8 Å². The molecule has 6 aromatic carbocycles. The highest BCUT2D eigenvalue weighted by Gasteiger charge is 2.51. The van der Waals surface area contributed by atoms with E-state index in [-0.39, 0.29) is 167 Å². The normalized spacial score (nSPS) is 15.3. The number of sulfonamides is 6. The molecule has 1 N–H and O–H groups in total. The number of amides is 13. The van der Waals surface area contributed by atoms with Crippen molar-refractivity contribution in [3.05, 3.63) is 179 Å². The highest BCUT2D eigenvalue weighted by molar-refractivity contribution is 7.99. The van der Waals surface area contributed by atoms with Crippen LogP contribution >= 0.6 is 58.3 Å². The minimum Gasteiger partial charge on any atom is -0.463 e. The van der Waals surface area contributed by atoms with Gasteiger partial charge < -0.3 is 14.8 Å². The molecule has 38 nitrogen and oxygen atoms in total. The van der Waals surface area contributed by atoms with Gasteiger partial charge >= 0.3 is 5.97 Å². The van der Waals surface area contributed by atoms with Crippen LogP contribution < -0.4 is 5.32 Å². The van der Waals surface area contributed by atoms with Gasteiger partial charge in [0, 0.05) is 64.3 Å². The minimum absolute atomic E-state index is 0. The van der Waals surface area contributed by atoms with E-state index in [9.17, 15) is 132 Å². The summed E-state index contributed by atoms with van der Waals surface area (Å²) in [6.07, 6.45) is 23.6. The number of fused-ring (bicyclic) bond motifs is 6. The Morgan fingerprint density at radius 3 is 0.785 bits per heavy atom. The second-order valence-corrected chi connectivity index (χ2v) is 46.0. The fourth-order valence-electron chi connectivity index (χ4n) is 14.9. The number of esters is 1. The summed E-state index contributed by atoms with van der Waals surface area (Å²) in [5.41, 5.74) is 0.0595. The fraction of sp³-hybridized carbons (Fsp3) is 0.442. The van der Waals surface area contributed by atoms with Gasteiger partial charge in [-0.3, -0.25) is 81.5 Å². The molecule has 0 radical (unpaired) electrons. The number of halogens is 3. The van der Waals surface area contributed by atoms with Crippen molar-refractivity contribution in [2.45, 2.75) is 249 Å². The maximum atomic E-state index is 12.4. The van der Waals surface area contributed by atoms with E-state index in [1.807, 2.05) is 18.0 Å². The smallest absolute Gasteiger partial charge is 0.306 e. The Hall–Kier alpha value is -10.7. The highest BCUT2D eigenvalue weighted by Crippen LogP contribution is 2.38. The van der Waals surface area contributed by atoms with Gasteiger partial charge in [-0.15, -0.1) is 0 Å². The zero-order valence-corrected chi connectivity index (χ0v) is 87.3. The number of imide groups is 6. The average molecular weight is 2210 g/mol. The number of benzene rings is 6. The molecule has 0 fully saturated rings. The molecule has 144 heavy (non-hydrogen) atoms. The molecule has 12 rings (SSSR count). The molecule has 6 aliphatic heterocycles. The summed E-state index contributed by atoms with van der Waals surface area (Å²) in [6, 6.07) is 34.4. The van der Waals surface area contributed by atoms with Gasteiger partial charge in [-0.1, -0.05) is 190 Å². The molecule has 0 aliphatic carbocycles. The Labute approximate surface area is 861 Å². The number of carbonyl (C=O) groups excluding carboxylic acids is 17. The second kappa shape index (κ2) is 58.6. The summed E-state index contributed by atoms with van der Waals surface area (Å²) in [5, 5.41) is 0.870. The standard InChI is InChI=1S/C19H27NO4S2.C19H27NO4S.C18H22N2O8S2.C15H16ClNO5S.C12H10ClNO5S.C11H8ClNO5S.CH4/c1-25-15-11-7-5-3-2-4-6-8-14-18(21)20-19(22)16-12-9-10-13-17(16)26(20,23)24;1-2-3-4-5-6-7-8-9-10-15-18(21)20-19(22)16-13-11-12-14-17(16)25(20,23)24;1-29-12-15(21)19-8-9-27-10-11-28-17(23)7-6-16(22)20-18(24)13-4-2-3-5-14(13)30(20,25)26;16-13(18)9-3-1-2-4-10-14(19)17-15(20)11-7-5-6-8-12(11)23(17,21)22;13-10(15)6-3-7-11(16)14-12(17)8-4-1-2-5-9(8)20(14,18)19;12-9(14)5-6-10(15)13-11(16)7-3-1-2-4-8(7)19(13,17)18;/h9-10,12-13H,2-8,11,14-15H2,1H3;11-14H,2-10,15H2,1H3;2-5H,6-12H2,1H3,(H,19,21);5-8H,1-4,9-10H2;1-2,4-5H,3,6-7H2;1-4H,5-6H2;1H4. The summed E-state index contributed by atoms with van der Waals surface area (Å²) in [5.74, 6) is -8.93. The third-order valence-corrected chi connectivity index (χ3v) is 34.3. The molecular weight excluding hydrogens is 2100 g/mol. The van der Waals surface area contributed by atoms with E-state index in [0.717, 1.165) is 38.5 Å². The van der Waals surface area contributed by atoms with Crippen molar-refractivity contribution in [2.24, 2.45) is 0 Å². The zero-order chi connectivity index (χ0) is 106. The van der Waals surface area contributed by atoms with Crippen LogP contribution in [0.2, 0.25) is 0 Å². The Bertz CT molecular complexity index is 6470. The van der Waals surface area contributed by atoms with Gasteiger partial charge in [0.15, 0.2) is 0 Å². The summed E-state index contributed by atoms with van der Waals surface area (Å²) in [4.78, 5) is 199. The van der Waals surface area contributed by atoms with Crippen molar-refractivity contribution in [1.82, 2.24) is 31.1 Å². The van der Waals surface area contributed by atoms with Gasteiger partial charge in [-0.25, -0.2) is 50.5 Å². The van der Waals surface area contributed by atoms with E-state index in [2.05, 4.69) is 18.5 Å². The number of ether oxygens (including phenoxy) is 2. The number of rotatable bonds is 46. The summed E-state index contributed by atoms with van der Waals surface area (Å²) < 4.78 is 159. The van der Waals surface area contributed by atoms with Crippen LogP contribution in [0.3, 0.4) is 0 Å². The van der Waals surface area contributed by atoms with Gasteiger partial charge in [0.1, 0.15) is 36.0 Å². The number of carbonyl (C=O) groups is 17. The van der Waals surface area contributed by atoms with Crippen molar-refractivity contribution in [3.8, 4) is 0 Å². The van der Waals surface area contributed by atoms with Crippen LogP contribution in [-0.2, 0) is 122 Å². The maximum Gasteiger partial charge on any atom is 0.306 e. The third kappa shape index (κ3) is 32.9. The van der Waals surface area contributed by atoms with Crippen LogP contribution in [0.25, 0.3) is 0 Å². The average Bonchev–Trinajstić information content (AvgIpc) is 1.63. The lowest BCUT2D eigenvalue weighted by Gasteiger charge is -2.13. The molecule has 0 saturated heterocycles. The summed E-state index contributed by atoms with van der Waals surface area (Å²) >= 11 is 18.7. The molecule has 6 aliphatic rings. The predicted molar refractivity (Wildman–Crippen MR) is 533 cm³/mol. The van der Waals surface area contributed by atoms with E-state index >= 15 is 0 Å². The number of thioether (sulfide) groups is 2. The zero-order valence-electron chi connectivity index (χ0n) is 78.5. The number of hydrogen-bond donors (Lipinski definition) is 1. The molecule has 6 heterocycles. The number of nitrogens with one attached hydrogen (secondary N) is 1. The first kappa shape index (κ1) is 122. The van der Waals surface area contributed by atoms with Crippen molar-refractivity contribution < 1.29 is 141 Å². The van der Waals surface area contributed by atoms with E-state index in [0.29, 0.717) is 63.7 Å². The minimum atomic E-state index is -4.25. The SMILES string of the molecule is C.CCCCCCCCCCCC(=O)N1C(=O)c2ccccc2S1(=O)=O.CSCC(=O)NCCOCCOC(=O)CCC(=O)N1C(=O)c2ccccc2S1(=O)=O.CSCCCCCCCCCCC(=O)N1C(=O)c2ccccc2S1(=O)=O.O=C(Cl)CCC(=O)N1C(=O)c2ccccc2S1(=O)=O.O=C(Cl)CCCC(=O)N1C(=O)c2ccccc2S1(=O)=O.O=C(Cl)CCCCCCC(=O)N1C(=O)c2ccccc2S1(=O)=O. The van der Waals surface area contributed by atoms with Crippen molar-refractivity contribution in [1.29, 1.82) is 0 Å². The summed E-state index contributed by atoms with van der Waals surface area (Å²) in [6.45, 7) is 2.83. The quantitative estimate of drug-likeness (QED) is 0.0211. The molecule has 784 valence electrons. The van der Waals surface area contributed by atoms with Gasteiger partial charge in [0.2, 0.25) is 57.1 Å². The maximum absolute atomic E-state index is 12.4. The Kier molecular flexibility index (Phi) is 49.7. The highest BCUT2D eigenvalue weighted by atomic mass is 35.5. The summed E-state index contributed by atoms with van der Waals surface area (Å²) in [7, 11) is -24.7. The van der Waals surface area contributed by atoms with Gasteiger partial charge in [-0.05, 0) is 164 Å². The Morgan fingerprint density at radius 1 is 0.285 bits per heavy atom. The van der Waals surface area contributed by atoms with E-state index in [1.54, 1.807) is 30.3 Å². The first-order valence-corrected chi connectivity index (χ1v) is 58.2. The van der Waals surface area contributed by atoms with Crippen molar-refractivity contribution in [2.75, 3.05) is 50.4 Å². The molecule has 0 unspecified atom stereocenters. The lowest BCUT2D eigenvalue weighted by atomic mass is 10.1. The van der Waals surface area contributed by atoms with E-state index in [1.165, 1.54) is 191 Å². The molecule has 13 amide bonds. The second-order valence-electron chi connectivity index (χ2n) is 32.4. The lowest BCUT2D eigenvalue weighted by molar-refractivity contribution is -0.146. The topological polar surface area (TPSA) is 545 Å². The Balaban J connectivity index is 0.000000265. The molecule has 0 saturated carbocycles. The van der Waals surface area contributed by atoms with Crippen molar-refractivity contribution >= 4 is 217 Å². The molecule has 0 bridgehead atoms. The third-order valence-electron chi connectivity index (χ3n) is 22.0. The van der Waals surface area contributed by atoms with Crippen LogP contribution in [0, 0.1) is 0 Å². The molecule has 0 atom stereocenters. The fourth-order valence-corrected chi connectivity index (χ4v) is 25.5. The predicted octanol–water partition coefficient (Wildman–Crippen LogP) is 14.0. The first-order valence-electron chi connectivity index (χ1n) is 45.7. The molecule has 49 heteroatoms. The largest absolute Gasteiger partial charge is 0.463 e. The van der Waals surface area contributed by atoms with Crippen LogP contribution in [0.4, 0.5) is 0 Å². The van der Waals surface area contributed by atoms with Crippen molar-refractivity contribution in [3.63, 3.8) is 0 Å². The Morgan fingerprint density at radius 2 is 0.521 bits per heavy atom. The molecule has 0 aromatic heterocycles. The van der Waals surface area contributed by atoms with E-state index < -0.39 is 166 Å². The van der Waals surface area contributed by atoms with Gasteiger partial charge in [-0.2, -0.15) is 49.4 Å². The van der Waals surface area contributed by atoms with Crippen LogP contribution in [0.5, 0.6) is 0 Å².